The number of anilines is 2. The highest BCUT2D eigenvalue weighted by atomic mass is 16.5. The largest absolute Gasteiger partial charge is 0.477 e. The van der Waals surface area contributed by atoms with E-state index in [2.05, 4.69) is 41.9 Å². The monoisotopic (exact) mass is 397 g/mol. The topological polar surface area (TPSA) is 93.1 Å². The maximum absolute atomic E-state index is 5.68. The molecule has 0 aromatic carbocycles. The molecule has 2 aliphatic heterocycles. The number of ether oxygens (including phenoxy) is 2. The van der Waals surface area contributed by atoms with E-state index in [0.717, 1.165) is 61.6 Å². The standard InChI is InChI=1S/C20H27N7O2/c1-3-29-19-16-4-7-21-18(16)24-20(25-19)23-17-10-22-27(13(17)2)14-5-8-26(9-6-14)15-11-28-12-15/h4,7,10,14-15H,3,5-6,8-9,11-12H2,1-2H3,(H2,21,23,24,25). The first kappa shape index (κ1) is 18.4. The van der Waals surface area contributed by atoms with Crippen LogP contribution in [0.25, 0.3) is 11.0 Å². The number of nitrogens with zero attached hydrogens (tertiary/aromatic N) is 5. The number of hydrogen-bond donors (Lipinski definition) is 2. The first-order chi connectivity index (χ1) is 14.2. The van der Waals surface area contributed by atoms with Gasteiger partial charge in [-0.2, -0.15) is 15.1 Å². The van der Waals surface area contributed by atoms with E-state index in [9.17, 15) is 0 Å². The zero-order valence-electron chi connectivity index (χ0n) is 16.9. The summed E-state index contributed by atoms with van der Waals surface area (Å²) in [6, 6.07) is 2.97. The molecule has 3 aromatic rings. The highest BCUT2D eigenvalue weighted by Crippen LogP contribution is 2.30. The van der Waals surface area contributed by atoms with E-state index >= 15 is 0 Å². The van der Waals surface area contributed by atoms with Crippen LogP contribution in [0, 0.1) is 6.92 Å². The average Bonchev–Trinajstić information content (AvgIpc) is 3.29. The lowest BCUT2D eigenvalue weighted by molar-refractivity contribution is -0.0735. The third kappa shape index (κ3) is 3.44. The van der Waals surface area contributed by atoms with Crippen molar-refractivity contribution in [1.29, 1.82) is 0 Å². The van der Waals surface area contributed by atoms with Crippen LogP contribution in [-0.2, 0) is 4.74 Å². The maximum atomic E-state index is 5.68. The fourth-order valence-electron chi connectivity index (χ4n) is 4.18. The molecule has 3 aromatic heterocycles. The van der Waals surface area contributed by atoms with Gasteiger partial charge >= 0.3 is 0 Å². The minimum Gasteiger partial charge on any atom is -0.477 e. The lowest BCUT2D eigenvalue weighted by Crippen LogP contribution is -2.52. The molecule has 9 heteroatoms. The van der Waals surface area contributed by atoms with Crippen molar-refractivity contribution < 1.29 is 9.47 Å². The second kappa shape index (κ2) is 7.64. The Morgan fingerprint density at radius 3 is 2.79 bits per heavy atom. The summed E-state index contributed by atoms with van der Waals surface area (Å²) in [5, 5.41) is 8.88. The van der Waals surface area contributed by atoms with E-state index < -0.39 is 0 Å². The van der Waals surface area contributed by atoms with E-state index in [1.807, 2.05) is 25.4 Å². The molecule has 2 aliphatic rings. The number of hydrogen-bond acceptors (Lipinski definition) is 7. The molecule has 2 N–H and O–H groups in total. The SMILES string of the molecule is CCOc1nc(Nc2cnn(C3CCN(C4COC4)CC3)c2C)nc2[nH]ccc12. The van der Waals surface area contributed by atoms with E-state index in [1.165, 1.54) is 0 Å². The van der Waals surface area contributed by atoms with E-state index in [1.54, 1.807) is 0 Å². The Hall–Kier alpha value is -2.65. The molecule has 2 saturated heterocycles. The van der Waals surface area contributed by atoms with Crippen LogP contribution >= 0.6 is 0 Å². The van der Waals surface area contributed by atoms with Crippen LogP contribution in [0.15, 0.2) is 18.5 Å². The Balaban J connectivity index is 1.32. The summed E-state index contributed by atoms with van der Waals surface area (Å²) >= 11 is 0. The van der Waals surface area contributed by atoms with Gasteiger partial charge in [0, 0.05) is 19.3 Å². The first-order valence-electron chi connectivity index (χ1n) is 10.3. The summed E-state index contributed by atoms with van der Waals surface area (Å²) < 4.78 is 13.2. The Morgan fingerprint density at radius 1 is 1.24 bits per heavy atom. The summed E-state index contributed by atoms with van der Waals surface area (Å²) in [6.45, 7) is 8.57. The molecule has 9 nitrogen and oxygen atoms in total. The molecule has 154 valence electrons. The van der Waals surface area contributed by atoms with Gasteiger partial charge in [0.1, 0.15) is 5.65 Å². The molecule has 0 aliphatic carbocycles. The molecule has 5 heterocycles. The van der Waals surface area contributed by atoms with Crippen molar-refractivity contribution in [2.75, 3.05) is 38.2 Å². The van der Waals surface area contributed by atoms with E-state index in [4.69, 9.17) is 9.47 Å². The smallest absolute Gasteiger partial charge is 0.232 e. The zero-order valence-corrected chi connectivity index (χ0v) is 16.9. The molecule has 0 spiro atoms. The Labute approximate surface area is 169 Å². The average molecular weight is 397 g/mol. The highest BCUT2D eigenvalue weighted by Gasteiger charge is 2.31. The normalized spacial score (nSPS) is 18.8. The van der Waals surface area contributed by atoms with Crippen LogP contribution in [0.3, 0.4) is 0 Å². The van der Waals surface area contributed by atoms with Gasteiger partial charge in [-0.1, -0.05) is 0 Å². The summed E-state index contributed by atoms with van der Waals surface area (Å²) in [6.07, 6.45) is 5.93. The molecule has 2 fully saturated rings. The van der Waals surface area contributed by atoms with E-state index in [0.29, 0.717) is 30.5 Å². The minimum atomic E-state index is 0.425. The number of rotatable bonds is 6. The third-order valence-corrected chi connectivity index (χ3v) is 5.93. The summed E-state index contributed by atoms with van der Waals surface area (Å²) in [5.74, 6) is 1.09. The predicted molar refractivity (Wildman–Crippen MR) is 110 cm³/mol. The van der Waals surface area contributed by atoms with Crippen molar-refractivity contribution in [2.24, 2.45) is 0 Å². The minimum absolute atomic E-state index is 0.425. The molecule has 29 heavy (non-hydrogen) atoms. The maximum Gasteiger partial charge on any atom is 0.232 e. The Kier molecular flexibility index (Phi) is 4.84. The van der Waals surface area contributed by atoms with Crippen molar-refractivity contribution in [3.63, 3.8) is 0 Å². The molecule has 0 amide bonds. The number of fused-ring (bicyclic) bond motifs is 1. The van der Waals surface area contributed by atoms with Gasteiger partial charge in [0.2, 0.25) is 11.8 Å². The van der Waals surface area contributed by atoms with Gasteiger partial charge in [-0.3, -0.25) is 9.58 Å². The van der Waals surface area contributed by atoms with Crippen LogP contribution in [0.5, 0.6) is 5.88 Å². The van der Waals surface area contributed by atoms with Gasteiger partial charge in [-0.05, 0) is 32.8 Å². The number of H-pyrrole nitrogens is 1. The van der Waals surface area contributed by atoms with Crippen LogP contribution in [0.4, 0.5) is 11.6 Å². The highest BCUT2D eigenvalue weighted by molar-refractivity contribution is 5.82. The molecule has 0 saturated carbocycles. The van der Waals surface area contributed by atoms with Crippen molar-refractivity contribution in [1.82, 2.24) is 29.6 Å². The number of nitrogens with one attached hydrogen (secondary N) is 2. The van der Waals surface area contributed by atoms with Gasteiger partial charge in [0.05, 0.1) is 54.9 Å². The van der Waals surface area contributed by atoms with Crippen LogP contribution in [0.1, 0.15) is 31.5 Å². The predicted octanol–water partition coefficient (Wildman–Crippen LogP) is 2.64. The lowest BCUT2D eigenvalue weighted by Gasteiger charge is -2.41. The molecule has 0 unspecified atom stereocenters. The Bertz CT molecular complexity index is 986. The van der Waals surface area contributed by atoms with Gasteiger partial charge < -0.3 is 19.8 Å². The number of piperidine rings is 1. The molecular formula is C20H27N7O2. The van der Waals surface area contributed by atoms with E-state index in [-0.39, 0.29) is 0 Å². The van der Waals surface area contributed by atoms with Crippen molar-refractivity contribution in [3.05, 3.63) is 24.2 Å². The lowest BCUT2D eigenvalue weighted by atomic mass is 10.0. The van der Waals surface area contributed by atoms with Crippen LogP contribution in [0.2, 0.25) is 0 Å². The summed E-state index contributed by atoms with van der Waals surface area (Å²) in [7, 11) is 0. The quantitative estimate of drug-likeness (QED) is 0.660. The molecule has 0 radical (unpaired) electrons. The van der Waals surface area contributed by atoms with Crippen LogP contribution in [-0.4, -0.2) is 68.6 Å². The fourth-order valence-corrected chi connectivity index (χ4v) is 4.18. The number of aromatic amines is 1. The summed E-state index contributed by atoms with van der Waals surface area (Å²) in [4.78, 5) is 14.8. The second-order valence-electron chi connectivity index (χ2n) is 7.70. The molecule has 0 atom stereocenters. The zero-order chi connectivity index (χ0) is 19.8. The van der Waals surface area contributed by atoms with Crippen molar-refractivity contribution in [2.45, 2.75) is 38.8 Å². The molecular weight excluding hydrogens is 370 g/mol. The number of aromatic nitrogens is 5. The Morgan fingerprint density at radius 2 is 2.07 bits per heavy atom. The summed E-state index contributed by atoms with van der Waals surface area (Å²) in [5.41, 5.74) is 2.78. The molecule has 5 rings (SSSR count). The second-order valence-corrected chi connectivity index (χ2v) is 7.70. The molecule has 0 bridgehead atoms. The van der Waals surface area contributed by atoms with Gasteiger partial charge in [-0.25, -0.2) is 0 Å². The first-order valence-corrected chi connectivity index (χ1v) is 10.3. The fraction of sp³-hybridized carbons (Fsp3) is 0.550. The van der Waals surface area contributed by atoms with Crippen LogP contribution < -0.4 is 10.1 Å². The van der Waals surface area contributed by atoms with Crippen molar-refractivity contribution >= 4 is 22.7 Å². The third-order valence-electron chi connectivity index (χ3n) is 5.93. The van der Waals surface area contributed by atoms with Crippen molar-refractivity contribution in [3.8, 4) is 5.88 Å². The van der Waals surface area contributed by atoms with Gasteiger partial charge in [0.25, 0.3) is 0 Å². The van der Waals surface area contributed by atoms with Gasteiger partial charge in [0.15, 0.2) is 0 Å². The number of likely N-dealkylation sites (tertiary alicyclic amines) is 1. The van der Waals surface area contributed by atoms with Gasteiger partial charge in [-0.15, -0.1) is 0 Å².